The molecule has 1 aromatic heterocycles. The summed E-state index contributed by atoms with van der Waals surface area (Å²) in [5.74, 6) is -0.193. The van der Waals surface area contributed by atoms with Gasteiger partial charge in [-0.1, -0.05) is 68.3 Å². The second-order valence-electron chi connectivity index (χ2n) is 10.2. The van der Waals surface area contributed by atoms with E-state index in [9.17, 15) is 14.9 Å². The van der Waals surface area contributed by atoms with Crippen LogP contribution in [-0.4, -0.2) is 33.0 Å². The van der Waals surface area contributed by atoms with E-state index in [-0.39, 0.29) is 12.1 Å². The molecule has 0 bridgehead atoms. The van der Waals surface area contributed by atoms with Gasteiger partial charge in [-0.15, -0.1) is 0 Å². The smallest absolute Gasteiger partial charge is 0.271 e. The Morgan fingerprint density at radius 3 is 2.26 bits per heavy atom. The molecule has 210 valence electrons. The van der Waals surface area contributed by atoms with Crippen LogP contribution >= 0.6 is 0 Å². The van der Waals surface area contributed by atoms with Gasteiger partial charge in [-0.3, -0.25) is 14.5 Å². The summed E-state index contributed by atoms with van der Waals surface area (Å²) in [6.45, 7) is 4.46. The number of hydrogen-bond donors (Lipinski definition) is 0. The van der Waals surface area contributed by atoms with E-state index in [1.165, 1.54) is 4.90 Å². The number of amides is 2. The fourth-order valence-electron chi connectivity index (χ4n) is 4.89. The fraction of sp³-hybridized carbons (Fsp3) is 0.200. The molecule has 0 atom stereocenters. The van der Waals surface area contributed by atoms with Crippen LogP contribution in [0.3, 0.4) is 0 Å². The van der Waals surface area contributed by atoms with Crippen molar-refractivity contribution in [1.82, 2.24) is 14.7 Å². The zero-order valence-electron chi connectivity index (χ0n) is 23.8. The predicted molar refractivity (Wildman–Crippen MR) is 162 cm³/mol. The van der Waals surface area contributed by atoms with Crippen molar-refractivity contribution < 1.29 is 14.3 Å². The van der Waals surface area contributed by atoms with Crippen molar-refractivity contribution in [2.45, 2.75) is 39.7 Å². The van der Waals surface area contributed by atoms with Crippen LogP contribution in [0, 0.1) is 11.3 Å². The minimum atomic E-state index is -0.528. The van der Waals surface area contributed by atoms with Crippen LogP contribution in [-0.2, 0) is 16.2 Å². The molecule has 0 spiro atoms. The van der Waals surface area contributed by atoms with Crippen molar-refractivity contribution in [2.75, 3.05) is 6.54 Å². The number of hydrogen-bond acceptors (Lipinski definition) is 5. The molecule has 2 heterocycles. The zero-order chi connectivity index (χ0) is 29.5. The molecular weight excluding hydrogens is 524 g/mol. The molecule has 0 saturated heterocycles. The topological polar surface area (TPSA) is 88.2 Å². The highest BCUT2D eigenvalue weighted by molar-refractivity contribution is 6.19. The number of nitriles is 1. The van der Waals surface area contributed by atoms with E-state index in [0.717, 1.165) is 35.4 Å². The average Bonchev–Trinajstić information content (AvgIpc) is 3.45. The number of unbranched alkanes of at least 4 members (excludes halogenated alkanes) is 2. The maximum atomic E-state index is 13.6. The minimum absolute atomic E-state index is 0.00531. The largest absolute Gasteiger partial charge is 0.489 e. The van der Waals surface area contributed by atoms with Gasteiger partial charge in [0.25, 0.3) is 11.8 Å². The second kappa shape index (κ2) is 13.0. The first-order valence-electron chi connectivity index (χ1n) is 14.1. The van der Waals surface area contributed by atoms with Gasteiger partial charge in [-0.25, -0.2) is 4.68 Å². The molecule has 0 radical (unpaired) electrons. The molecule has 0 saturated carbocycles. The highest BCUT2D eigenvalue weighted by Crippen LogP contribution is 2.32. The third-order valence-corrected chi connectivity index (χ3v) is 7.25. The molecule has 42 heavy (non-hydrogen) atoms. The predicted octanol–water partition coefficient (Wildman–Crippen LogP) is 6.90. The molecule has 2 amide bonds. The highest BCUT2D eigenvalue weighted by atomic mass is 16.5. The highest BCUT2D eigenvalue weighted by Gasteiger charge is 2.35. The maximum Gasteiger partial charge on any atom is 0.271 e. The Labute approximate surface area is 246 Å². The average molecular weight is 557 g/mol. The van der Waals surface area contributed by atoms with Gasteiger partial charge in [-0.05, 0) is 67.0 Å². The summed E-state index contributed by atoms with van der Waals surface area (Å²) in [6.07, 6.45) is 6.14. The van der Waals surface area contributed by atoms with E-state index in [4.69, 9.17) is 9.84 Å². The van der Waals surface area contributed by atoms with E-state index < -0.39 is 11.8 Å². The fourth-order valence-corrected chi connectivity index (χ4v) is 4.89. The lowest BCUT2D eigenvalue weighted by molar-refractivity contribution is -0.140. The molecule has 0 fully saturated rings. The zero-order valence-corrected chi connectivity index (χ0v) is 23.8. The van der Waals surface area contributed by atoms with E-state index >= 15 is 0 Å². The van der Waals surface area contributed by atoms with Gasteiger partial charge in [0.1, 0.15) is 24.0 Å². The van der Waals surface area contributed by atoms with Crippen molar-refractivity contribution >= 4 is 17.9 Å². The molecule has 3 aromatic carbocycles. The summed E-state index contributed by atoms with van der Waals surface area (Å²) >= 11 is 0. The number of carbonyl (C=O) groups is 2. The number of nitrogens with zero attached hydrogens (tertiary/aromatic N) is 4. The van der Waals surface area contributed by atoms with Gasteiger partial charge in [0.05, 0.1) is 11.4 Å². The molecule has 0 unspecified atom stereocenters. The summed E-state index contributed by atoms with van der Waals surface area (Å²) in [5.41, 5.74) is 4.83. The van der Waals surface area contributed by atoms with Crippen molar-refractivity contribution in [1.29, 1.82) is 5.26 Å². The molecule has 1 aliphatic rings. The molecule has 7 heteroatoms. The summed E-state index contributed by atoms with van der Waals surface area (Å²) in [7, 11) is 0. The molecule has 5 rings (SSSR count). The Balaban J connectivity index is 1.53. The van der Waals surface area contributed by atoms with Crippen molar-refractivity contribution in [2.24, 2.45) is 0 Å². The lowest BCUT2D eigenvalue weighted by Gasteiger charge is -2.27. The number of para-hydroxylation sites is 1. The van der Waals surface area contributed by atoms with E-state index in [1.807, 2.05) is 97.2 Å². The van der Waals surface area contributed by atoms with Crippen LogP contribution in [0.2, 0.25) is 0 Å². The first-order chi connectivity index (χ1) is 20.5. The van der Waals surface area contributed by atoms with Crippen molar-refractivity contribution in [3.8, 4) is 28.8 Å². The van der Waals surface area contributed by atoms with Crippen LogP contribution < -0.4 is 4.74 Å². The Kier molecular flexibility index (Phi) is 8.74. The third-order valence-electron chi connectivity index (χ3n) is 7.25. The van der Waals surface area contributed by atoms with Crippen molar-refractivity contribution in [3.63, 3.8) is 0 Å². The summed E-state index contributed by atoms with van der Waals surface area (Å²) in [5, 5.41) is 14.7. The van der Waals surface area contributed by atoms with Gasteiger partial charge < -0.3 is 4.74 Å². The number of aromatic nitrogens is 2. The van der Waals surface area contributed by atoms with Crippen LogP contribution in [0.25, 0.3) is 23.0 Å². The Morgan fingerprint density at radius 2 is 1.60 bits per heavy atom. The maximum absolute atomic E-state index is 13.6. The molecule has 0 N–H and O–H groups in total. The van der Waals surface area contributed by atoms with Crippen LogP contribution in [0.5, 0.6) is 5.75 Å². The van der Waals surface area contributed by atoms with Gasteiger partial charge in [0.15, 0.2) is 0 Å². The lowest BCUT2D eigenvalue weighted by atomic mass is 9.93. The second-order valence-corrected chi connectivity index (χ2v) is 10.2. The lowest BCUT2D eigenvalue weighted by Crippen LogP contribution is -2.43. The summed E-state index contributed by atoms with van der Waals surface area (Å²) in [4.78, 5) is 27.8. The standard InChI is InChI=1S/C35H32N4O3/c1-3-4-11-20-38-34(40)31(25(2)32(22-36)35(38)41)21-28-23-39(29-14-9-6-10-15-29)37-33(28)27-16-18-30(19-17-27)42-24-26-12-7-5-8-13-26/h5-10,12-19,21,23H,3-4,11,20,24H2,1-2H3/b31-21-. The van der Waals surface area contributed by atoms with Crippen LogP contribution in [0.1, 0.15) is 44.2 Å². The number of benzene rings is 3. The summed E-state index contributed by atoms with van der Waals surface area (Å²) in [6, 6.07) is 29.4. The van der Waals surface area contributed by atoms with Gasteiger partial charge in [0.2, 0.25) is 0 Å². The van der Waals surface area contributed by atoms with Crippen LogP contribution in [0.15, 0.2) is 108 Å². The first-order valence-corrected chi connectivity index (χ1v) is 14.1. The van der Waals surface area contributed by atoms with Crippen LogP contribution in [0.4, 0.5) is 0 Å². The summed E-state index contributed by atoms with van der Waals surface area (Å²) < 4.78 is 7.73. The number of rotatable bonds is 10. The Morgan fingerprint density at radius 1 is 0.905 bits per heavy atom. The normalized spacial score (nSPS) is 14.4. The molecule has 1 aliphatic heterocycles. The molecule has 0 aliphatic carbocycles. The third kappa shape index (κ3) is 6.08. The monoisotopic (exact) mass is 556 g/mol. The Hall–Kier alpha value is -5.22. The Bertz CT molecular complexity index is 1680. The van der Waals surface area contributed by atoms with E-state index in [1.54, 1.807) is 17.7 Å². The first kappa shape index (κ1) is 28.3. The van der Waals surface area contributed by atoms with Gasteiger partial charge in [0, 0.05) is 29.4 Å². The molecule has 7 nitrogen and oxygen atoms in total. The van der Waals surface area contributed by atoms with Gasteiger partial charge >= 0.3 is 0 Å². The number of carbonyl (C=O) groups excluding carboxylic acids is 2. The molecular formula is C35H32N4O3. The SMILES string of the molecule is CCCCCN1C(=O)C(C#N)=C(C)/C(=C/c2cn(-c3ccccc3)nc2-c2ccc(OCc3ccccc3)cc2)C1=O. The van der Waals surface area contributed by atoms with Gasteiger partial charge in [-0.2, -0.15) is 10.4 Å². The van der Waals surface area contributed by atoms with E-state index in [0.29, 0.717) is 35.4 Å². The number of ether oxygens (including phenoxy) is 1. The van der Waals surface area contributed by atoms with E-state index in [2.05, 4.69) is 6.92 Å². The molecule has 4 aromatic rings. The number of imide groups is 1. The quantitative estimate of drug-likeness (QED) is 0.120. The van der Waals surface area contributed by atoms with Crippen molar-refractivity contribution in [3.05, 3.63) is 119 Å². The minimum Gasteiger partial charge on any atom is -0.489 e.